The highest BCUT2D eigenvalue weighted by Gasteiger charge is 2.04. The van der Waals surface area contributed by atoms with Gasteiger partial charge < -0.3 is 16.4 Å². The van der Waals surface area contributed by atoms with Crippen LogP contribution in [0.15, 0.2) is 4.99 Å². The third-order valence-corrected chi connectivity index (χ3v) is 3.47. The molecule has 0 aliphatic heterocycles. The van der Waals surface area contributed by atoms with E-state index in [1.165, 1.54) is 32.1 Å². The SMILES string of the molecule is CCCCCCCCN=C(N)NCCC(=O)NC(C)CC. The number of guanidine groups is 1. The summed E-state index contributed by atoms with van der Waals surface area (Å²) in [6.45, 7) is 7.58. The molecule has 1 amide bonds. The van der Waals surface area contributed by atoms with E-state index in [9.17, 15) is 4.79 Å². The number of hydrogen-bond donors (Lipinski definition) is 3. The summed E-state index contributed by atoms with van der Waals surface area (Å²) in [5.41, 5.74) is 5.76. The summed E-state index contributed by atoms with van der Waals surface area (Å²) in [7, 11) is 0. The van der Waals surface area contributed by atoms with Crippen molar-refractivity contribution in [3.05, 3.63) is 0 Å². The first-order valence-electron chi connectivity index (χ1n) is 8.43. The Bertz CT molecular complexity index is 292. The van der Waals surface area contributed by atoms with Crippen molar-refractivity contribution in [3.8, 4) is 0 Å². The molecule has 124 valence electrons. The van der Waals surface area contributed by atoms with Crippen molar-refractivity contribution in [2.24, 2.45) is 10.7 Å². The highest BCUT2D eigenvalue weighted by molar-refractivity contribution is 5.80. The van der Waals surface area contributed by atoms with Gasteiger partial charge in [0.2, 0.25) is 5.91 Å². The normalized spacial score (nSPS) is 13.0. The van der Waals surface area contributed by atoms with E-state index in [4.69, 9.17) is 5.73 Å². The van der Waals surface area contributed by atoms with Crippen LogP contribution < -0.4 is 16.4 Å². The lowest BCUT2D eigenvalue weighted by atomic mass is 10.1. The molecule has 0 saturated heterocycles. The highest BCUT2D eigenvalue weighted by Crippen LogP contribution is 2.04. The molecule has 0 heterocycles. The number of carbonyl (C=O) groups excluding carboxylic acids is 1. The second kappa shape index (κ2) is 13.7. The molecule has 0 rings (SSSR count). The fraction of sp³-hybridized carbons (Fsp3) is 0.875. The molecule has 21 heavy (non-hydrogen) atoms. The molecule has 5 heteroatoms. The van der Waals surface area contributed by atoms with Gasteiger partial charge in [-0.05, 0) is 19.8 Å². The second-order valence-electron chi connectivity index (χ2n) is 5.59. The van der Waals surface area contributed by atoms with Crippen molar-refractivity contribution in [2.45, 2.75) is 78.2 Å². The molecule has 5 nitrogen and oxygen atoms in total. The maximum atomic E-state index is 11.5. The van der Waals surface area contributed by atoms with Crippen molar-refractivity contribution in [2.75, 3.05) is 13.1 Å². The first kappa shape index (κ1) is 19.7. The molecule has 0 fully saturated rings. The third kappa shape index (κ3) is 13.5. The Labute approximate surface area is 130 Å². The quantitative estimate of drug-likeness (QED) is 0.294. The molecule has 0 aromatic heterocycles. The molecule has 0 aromatic carbocycles. The lowest BCUT2D eigenvalue weighted by molar-refractivity contribution is -0.121. The fourth-order valence-corrected chi connectivity index (χ4v) is 1.90. The minimum absolute atomic E-state index is 0.0561. The van der Waals surface area contributed by atoms with E-state index < -0.39 is 0 Å². The van der Waals surface area contributed by atoms with Crippen LogP contribution in [0.5, 0.6) is 0 Å². The van der Waals surface area contributed by atoms with Crippen molar-refractivity contribution >= 4 is 11.9 Å². The minimum atomic E-state index is 0.0561. The summed E-state index contributed by atoms with van der Waals surface area (Å²) in [5.74, 6) is 0.500. The molecule has 0 radical (unpaired) electrons. The van der Waals surface area contributed by atoms with E-state index in [1.54, 1.807) is 0 Å². The lowest BCUT2D eigenvalue weighted by Crippen LogP contribution is -2.37. The van der Waals surface area contributed by atoms with Gasteiger partial charge in [0, 0.05) is 25.6 Å². The Morgan fingerprint density at radius 3 is 2.48 bits per heavy atom. The number of nitrogens with two attached hydrogens (primary N) is 1. The Hall–Kier alpha value is -1.26. The van der Waals surface area contributed by atoms with Crippen LogP contribution in [0, 0.1) is 0 Å². The van der Waals surface area contributed by atoms with Crippen LogP contribution >= 0.6 is 0 Å². The summed E-state index contributed by atoms with van der Waals surface area (Å²) in [6, 6.07) is 0.233. The average Bonchev–Trinajstić information content (AvgIpc) is 2.46. The Kier molecular flexibility index (Phi) is 12.9. The maximum absolute atomic E-state index is 11.5. The number of amides is 1. The highest BCUT2D eigenvalue weighted by atomic mass is 16.1. The lowest BCUT2D eigenvalue weighted by Gasteiger charge is -2.11. The zero-order chi connectivity index (χ0) is 15.9. The molecule has 1 atom stereocenters. The molecule has 4 N–H and O–H groups in total. The zero-order valence-electron chi connectivity index (χ0n) is 14.1. The van der Waals surface area contributed by atoms with E-state index >= 15 is 0 Å². The number of nitrogens with one attached hydrogen (secondary N) is 2. The van der Waals surface area contributed by atoms with E-state index in [0.717, 1.165) is 19.4 Å². The van der Waals surface area contributed by atoms with Gasteiger partial charge in [-0.25, -0.2) is 0 Å². The van der Waals surface area contributed by atoms with E-state index in [2.05, 4.69) is 29.5 Å². The van der Waals surface area contributed by atoms with Crippen LogP contribution in [0.25, 0.3) is 0 Å². The first-order valence-corrected chi connectivity index (χ1v) is 8.43. The van der Waals surface area contributed by atoms with Gasteiger partial charge in [0.05, 0.1) is 0 Å². The van der Waals surface area contributed by atoms with Crippen LogP contribution in [0.1, 0.15) is 72.1 Å². The third-order valence-electron chi connectivity index (χ3n) is 3.47. The molecular weight excluding hydrogens is 264 g/mol. The molecular formula is C16H34N4O. The molecule has 0 spiro atoms. The van der Waals surface area contributed by atoms with Gasteiger partial charge in [0.25, 0.3) is 0 Å². The van der Waals surface area contributed by atoms with Gasteiger partial charge in [-0.1, -0.05) is 46.0 Å². The second-order valence-corrected chi connectivity index (χ2v) is 5.59. The van der Waals surface area contributed by atoms with Crippen LogP contribution in [0.2, 0.25) is 0 Å². The number of rotatable bonds is 12. The van der Waals surface area contributed by atoms with Crippen LogP contribution in [-0.2, 0) is 4.79 Å². The summed E-state index contributed by atoms with van der Waals surface area (Å²) in [5, 5.41) is 5.90. The summed E-state index contributed by atoms with van der Waals surface area (Å²) in [6.07, 6.45) is 8.88. The number of aliphatic imine (C=N–C) groups is 1. The topological polar surface area (TPSA) is 79.5 Å². The van der Waals surface area contributed by atoms with Crippen molar-refractivity contribution in [1.82, 2.24) is 10.6 Å². The zero-order valence-corrected chi connectivity index (χ0v) is 14.1. The van der Waals surface area contributed by atoms with Gasteiger partial charge in [0.15, 0.2) is 5.96 Å². The number of carbonyl (C=O) groups is 1. The molecule has 0 aromatic rings. The predicted molar refractivity (Wildman–Crippen MR) is 90.4 cm³/mol. The predicted octanol–water partition coefficient (Wildman–Crippen LogP) is 2.56. The van der Waals surface area contributed by atoms with Gasteiger partial charge in [0.1, 0.15) is 0 Å². The molecule has 0 aliphatic rings. The van der Waals surface area contributed by atoms with Gasteiger partial charge >= 0.3 is 0 Å². The first-order chi connectivity index (χ1) is 10.1. The average molecular weight is 298 g/mol. The largest absolute Gasteiger partial charge is 0.370 e. The maximum Gasteiger partial charge on any atom is 0.221 e. The summed E-state index contributed by atoms with van der Waals surface area (Å²) < 4.78 is 0. The number of hydrogen-bond acceptors (Lipinski definition) is 2. The van der Waals surface area contributed by atoms with E-state index in [-0.39, 0.29) is 11.9 Å². The Balaban J connectivity index is 3.53. The number of nitrogens with zero attached hydrogens (tertiary/aromatic N) is 1. The van der Waals surface area contributed by atoms with E-state index in [0.29, 0.717) is 18.9 Å². The van der Waals surface area contributed by atoms with Crippen molar-refractivity contribution < 1.29 is 4.79 Å². The smallest absolute Gasteiger partial charge is 0.221 e. The van der Waals surface area contributed by atoms with Gasteiger partial charge in [-0.15, -0.1) is 0 Å². The van der Waals surface area contributed by atoms with Crippen molar-refractivity contribution in [1.29, 1.82) is 0 Å². The summed E-state index contributed by atoms with van der Waals surface area (Å²) in [4.78, 5) is 15.8. The Morgan fingerprint density at radius 1 is 1.14 bits per heavy atom. The van der Waals surface area contributed by atoms with Crippen LogP contribution in [0.3, 0.4) is 0 Å². The summed E-state index contributed by atoms with van der Waals surface area (Å²) >= 11 is 0. The fourth-order valence-electron chi connectivity index (χ4n) is 1.90. The molecule has 1 unspecified atom stereocenters. The molecule has 0 aliphatic carbocycles. The molecule has 0 saturated carbocycles. The van der Waals surface area contributed by atoms with E-state index in [1.807, 2.05) is 6.92 Å². The Morgan fingerprint density at radius 2 is 1.81 bits per heavy atom. The van der Waals surface area contributed by atoms with Crippen LogP contribution in [0.4, 0.5) is 0 Å². The van der Waals surface area contributed by atoms with Crippen LogP contribution in [-0.4, -0.2) is 31.0 Å². The number of unbranched alkanes of at least 4 members (excludes halogenated alkanes) is 5. The van der Waals surface area contributed by atoms with Gasteiger partial charge in [-0.3, -0.25) is 9.79 Å². The monoisotopic (exact) mass is 298 g/mol. The van der Waals surface area contributed by atoms with Gasteiger partial charge in [-0.2, -0.15) is 0 Å². The molecule has 0 bridgehead atoms. The van der Waals surface area contributed by atoms with Crippen molar-refractivity contribution in [3.63, 3.8) is 0 Å². The minimum Gasteiger partial charge on any atom is -0.370 e. The standard InChI is InChI=1S/C16H34N4O/c1-4-6-7-8-9-10-12-18-16(17)19-13-11-15(21)20-14(3)5-2/h14H,4-13H2,1-3H3,(H,20,21)(H3,17,18,19).